The van der Waals surface area contributed by atoms with E-state index in [-0.39, 0.29) is 11.2 Å². The van der Waals surface area contributed by atoms with Crippen LogP contribution < -0.4 is 0 Å². The second-order valence-corrected chi connectivity index (χ2v) is 6.74. The Bertz CT molecular complexity index is 644. The van der Waals surface area contributed by atoms with Gasteiger partial charge in [-0.15, -0.1) is 11.8 Å². The van der Waals surface area contributed by atoms with Gasteiger partial charge in [0.25, 0.3) is 0 Å². The van der Waals surface area contributed by atoms with E-state index in [4.69, 9.17) is 18.3 Å². The molecule has 3 heterocycles. The van der Waals surface area contributed by atoms with E-state index in [0.29, 0.717) is 17.3 Å². The van der Waals surface area contributed by atoms with Crippen LogP contribution in [0.1, 0.15) is 31.3 Å². The Hall–Kier alpha value is -2.15. The van der Waals surface area contributed by atoms with Gasteiger partial charge in [0.05, 0.1) is 23.7 Å². The zero-order chi connectivity index (χ0) is 17.1. The predicted octanol–water partition coefficient (Wildman–Crippen LogP) is 2.98. The molecule has 0 unspecified atom stereocenters. The molecule has 3 atom stereocenters. The zero-order valence-corrected chi connectivity index (χ0v) is 14.2. The Kier molecular flexibility index (Phi) is 4.99. The van der Waals surface area contributed by atoms with Gasteiger partial charge in [-0.25, -0.2) is 0 Å². The normalized spacial score (nSPS) is 23.4. The van der Waals surface area contributed by atoms with Crippen LogP contribution in [-0.4, -0.2) is 35.1 Å². The molecule has 1 aliphatic heterocycles. The van der Waals surface area contributed by atoms with Crippen LogP contribution in [0.2, 0.25) is 0 Å². The minimum absolute atomic E-state index is 0.185. The quantitative estimate of drug-likeness (QED) is 0.767. The van der Waals surface area contributed by atoms with Crippen LogP contribution >= 0.6 is 11.8 Å². The molecule has 0 aliphatic carbocycles. The van der Waals surface area contributed by atoms with E-state index in [1.807, 2.05) is 12.1 Å². The van der Waals surface area contributed by atoms with Crippen LogP contribution in [0.15, 0.2) is 45.6 Å². The van der Waals surface area contributed by atoms with Gasteiger partial charge >= 0.3 is 11.9 Å². The fourth-order valence-corrected chi connectivity index (χ4v) is 4.49. The summed E-state index contributed by atoms with van der Waals surface area (Å²) in [6.45, 7) is 2.69. The number of carbonyl (C=O) groups is 2. The maximum Gasteiger partial charge on any atom is 0.303 e. The monoisotopic (exact) mass is 350 g/mol. The van der Waals surface area contributed by atoms with Crippen LogP contribution in [0, 0.1) is 0 Å². The van der Waals surface area contributed by atoms with Gasteiger partial charge in [-0.05, 0) is 24.3 Å². The van der Waals surface area contributed by atoms with Crippen molar-refractivity contribution in [1.82, 2.24) is 0 Å². The summed E-state index contributed by atoms with van der Waals surface area (Å²) in [6, 6.07) is 7.32. The molecule has 0 radical (unpaired) electrons. The highest BCUT2D eigenvalue weighted by Crippen LogP contribution is 2.44. The minimum atomic E-state index is -0.573. The summed E-state index contributed by atoms with van der Waals surface area (Å²) < 4.78 is 22.0. The molecule has 0 bridgehead atoms. The van der Waals surface area contributed by atoms with Crippen molar-refractivity contribution in [2.24, 2.45) is 0 Å². The van der Waals surface area contributed by atoms with E-state index in [1.165, 1.54) is 13.8 Å². The van der Waals surface area contributed by atoms with Gasteiger partial charge in [0, 0.05) is 19.6 Å². The number of esters is 2. The summed E-state index contributed by atoms with van der Waals surface area (Å²) >= 11 is 1.57. The van der Waals surface area contributed by atoms with Gasteiger partial charge in [0.1, 0.15) is 17.6 Å². The third-order valence-electron chi connectivity index (χ3n) is 3.79. The fraction of sp³-hybridized carbons (Fsp3) is 0.412. The van der Waals surface area contributed by atoms with Gasteiger partial charge < -0.3 is 18.3 Å². The maximum atomic E-state index is 11.6. The lowest BCUT2D eigenvalue weighted by molar-refractivity contribution is -0.162. The number of rotatable bonds is 5. The van der Waals surface area contributed by atoms with Crippen LogP contribution in [-0.2, 0) is 19.1 Å². The van der Waals surface area contributed by atoms with Crippen molar-refractivity contribution in [1.29, 1.82) is 0 Å². The van der Waals surface area contributed by atoms with Gasteiger partial charge in [-0.2, -0.15) is 0 Å². The first kappa shape index (κ1) is 16.7. The van der Waals surface area contributed by atoms with E-state index in [1.54, 1.807) is 36.4 Å². The standard InChI is InChI=1S/C17H18O6S/c1-10(18)22-14-9-24-17(16(14)23-11(2)19)15(12-5-3-7-20-12)13-6-4-8-21-13/h3-8,14-17H,9H2,1-2H3/t14-,16+,17-/m1/s1. The fourth-order valence-electron chi connectivity index (χ4n) is 2.94. The molecular weight excluding hydrogens is 332 g/mol. The topological polar surface area (TPSA) is 78.9 Å². The van der Waals surface area contributed by atoms with Crippen molar-refractivity contribution in [3.63, 3.8) is 0 Å². The Morgan fingerprint density at radius 1 is 1.08 bits per heavy atom. The Morgan fingerprint density at radius 2 is 1.67 bits per heavy atom. The number of hydrogen-bond acceptors (Lipinski definition) is 7. The van der Waals surface area contributed by atoms with Crippen LogP contribution in [0.25, 0.3) is 0 Å². The molecule has 7 heteroatoms. The third-order valence-corrected chi connectivity index (χ3v) is 5.24. The predicted molar refractivity (Wildman–Crippen MR) is 86.6 cm³/mol. The van der Waals surface area contributed by atoms with Crippen molar-refractivity contribution in [3.8, 4) is 0 Å². The van der Waals surface area contributed by atoms with E-state index in [2.05, 4.69) is 0 Å². The summed E-state index contributed by atoms with van der Waals surface area (Å²) in [5, 5.41) is -0.185. The molecule has 128 valence electrons. The maximum absolute atomic E-state index is 11.6. The second kappa shape index (κ2) is 7.17. The average Bonchev–Trinajstić information content (AvgIpc) is 3.24. The van der Waals surface area contributed by atoms with Crippen molar-refractivity contribution < 1.29 is 27.9 Å². The Morgan fingerprint density at radius 3 is 2.12 bits per heavy atom. The molecule has 0 aromatic carbocycles. The zero-order valence-electron chi connectivity index (χ0n) is 13.3. The lowest BCUT2D eigenvalue weighted by Crippen LogP contribution is -2.39. The number of furan rings is 2. The highest BCUT2D eigenvalue weighted by molar-refractivity contribution is 8.00. The minimum Gasteiger partial charge on any atom is -0.469 e. The summed E-state index contributed by atoms with van der Waals surface area (Å²) in [6.07, 6.45) is 2.12. The molecule has 6 nitrogen and oxygen atoms in total. The highest BCUT2D eigenvalue weighted by Gasteiger charge is 2.47. The molecule has 0 amide bonds. The van der Waals surface area contributed by atoms with Gasteiger partial charge in [0.15, 0.2) is 6.10 Å². The molecule has 1 saturated heterocycles. The molecule has 2 aromatic rings. The van der Waals surface area contributed by atoms with Gasteiger partial charge in [-0.1, -0.05) is 0 Å². The molecule has 0 saturated carbocycles. The molecule has 1 aliphatic rings. The van der Waals surface area contributed by atoms with Crippen molar-refractivity contribution in [2.45, 2.75) is 37.2 Å². The van der Waals surface area contributed by atoms with E-state index < -0.39 is 24.1 Å². The SMILES string of the molecule is CC(=O)O[C@@H]1[C@@H](C(c2ccco2)c2ccco2)SC[C@H]1OC(C)=O. The first-order chi connectivity index (χ1) is 11.6. The largest absolute Gasteiger partial charge is 0.469 e. The number of thioether (sulfide) groups is 1. The van der Waals surface area contributed by atoms with Crippen LogP contribution in [0.3, 0.4) is 0 Å². The lowest BCUT2D eigenvalue weighted by atomic mass is 9.93. The van der Waals surface area contributed by atoms with Gasteiger partial charge in [0.2, 0.25) is 0 Å². The first-order valence-electron chi connectivity index (χ1n) is 7.59. The number of hydrogen-bond donors (Lipinski definition) is 0. The lowest BCUT2D eigenvalue weighted by Gasteiger charge is -2.27. The third kappa shape index (κ3) is 3.51. The average molecular weight is 350 g/mol. The summed E-state index contributed by atoms with van der Waals surface area (Å²) in [7, 11) is 0. The molecule has 2 aromatic heterocycles. The van der Waals surface area contributed by atoms with Crippen molar-refractivity contribution >= 4 is 23.7 Å². The van der Waals surface area contributed by atoms with E-state index >= 15 is 0 Å². The van der Waals surface area contributed by atoms with E-state index in [9.17, 15) is 9.59 Å². The Labute approximate surface area is 143 Å². The number of carbonyl (C=O) groups excluding carboxylic acids is 2. The van der Waals surface area contributed by atoms with E-state index in [0.717, 1.165) is 0 Å². The summed E-state index contributed by atoms with van der Waals surface area (Å²) in [4.78, 5) is 22.9. The molecular formula is C17H18O6S. The van der Waals surface area contributed by atoms with Crippen LogP contribution in [0.5, 0.6) is 0 Å². The van der Waals surface area contributed by atoms with Crippen molar-refractivity contribution in [2.75, 3.05) is 5.75 Å². The first-order valence-corrected chi connectivity index (χ1v) is 8.64. The summed E-state index contributed by atoms with van der Waals surface area (Å²) in [5.74, 6) is 0.907. The molecule has 0 spiro atoms. The summed E-state index contributed by atoms with van der Waals surface area (Å²) in [5.41, 5.74) is 0. The van der Waals surface area contributed by atoms with Crippen molar-refractivity contribution in [3.05, 3.63) is 48.3 Å². The number of ether oxygens (including phenoxy) is 2. The highest BCUT2D eigenvalue weighted by atomic mass is 32.2. The van der Waals surface area contributed by atoms with Gasteiger partial charge in [-0.3, -0.25) is 9.59 Å². The van der Waals surface area contributed by atoms with Crippen LogP contribution in [0.4, 0.5) is 0 Å². The Balaban J connectivity index is 1.93. The molecule has 1 fully saturated rings. The smallest absolute Gasteiger partial charge is 0.303 e. The molecule has 3 rings (SSSR count). The second-order valence-electron chi connectivity index (χ2n) is 5.53. The molecule has 0 N–H and O–H groups in total. The molecule has 24 heavy (non-hydrogen) atoms.